The number of hydrogen-bond acceptors (Lipinski definition) is 3. The lowest BCUT2D eigenvalue weighted by molar-refractivity contribution is -0.0899. The van der Waals surface area contributed by atoms with Crippen molar-refractivity contribution in [3.8, 4) is 5.82 Å². The molecular weight excluding hydrogens is 316 g/mol. The van der Waals surface area contributed by atoms with Crippen molar-refractivity contribution in [2.24, 2.45) is 5.92 Å². The highest BCUT2D eigenvalue weighted by Gasteiger charge is 2.42. The van der Waals surface area contributed by atoms with E-state index in [1.165, 1.54) is 16.5 Å². The van der Waals surface area contributed by atoms with Crippen LogP contribution >= 0.6 is 0 Å². The van der Waals surface area contributed by atoms with Gasteiger partial charge in [-0.3, -0.25) is 5.32 Å². The molecule has 2 amide bonds. The number of nitrogens with zero attached hydrogens (tertiary/aromatic N) is 4. The topological polar surface area (TPSA) is 63.1 Å². The molecule has 6 nitrogen and oxygen atoms in total. The Hall–Kier alpha value is -2.51. The number of rotatable bonds is 2. The molecule has 1 unspecified atom stereocenters. The van der Waals surface area contributed by atoms with Gasteiger partial charge in [0.15, 0.2) is 5.82 Å². The first-order valence-electron chi connectivity index (χ1n) is 7.78. The van der Waals surface area contributed by atoms with Crippen LogP contribution in [0, 0.1) is 12.8 Å². The molecule has 0 saturated carbocycles. The molecule has 1 saturated heterocycles. The Bertz CT molecular complexity index is 731. The zero-order valence-corrected chi connectivity index (χ0v) is 13.5. The highest BCUT2D eigenvalue weighted by atomic mass is 19.3. The van der Waals surface area contributed by atoms with Crippen LogP contribution in [0.25, 0.3) is 5.82 Å². The second-order valence-corrected chi connectivity index (χ2v) is 6.06. The molecule has 1 aliphatic heterocycles. The lowest BCUT2D eigenvalue weighted by Gasteiger charge is -2.36. The van der Waals surface area contributed by atoms with E-state index in [1.54, 1.807) is 31.3 Å². The van der Waals surface area contributed by atoms with Crippen LogP contribution < -0.4 is 5.32 Å². The van der Waals surface area contributed by atoms with Crippen molar-refractivity contribution < 1.29 is 13.6 Å². The number of aryl methyl sites for hydroxylation is 1. The number of aromatic nitrogens is 3. The largest absolute Gasteiger partial charge is 0.324 e. The fraction of sp³-hybridized carbons (Fsp3) is 0.438. The van der Waals surface area contributed by atoms with E-state index in [1.807, 2.05) is 6.07 Å². The van der Waals surface area contributed by atoms with Gasteiger partial charge in [0.05, 0.1) is 5.69 Å². The number of halogens is 2. The predicted molar refractivity (Wildman–Crippen MR) is 85.4 cm³/mol. The van der Waals surface area contributed by atoms with Gasteiger partial charge in [0.25, 0.3) is 5.92 Å². The maximum absolute atomic E-state index is 13.6. The minimum atomic E-state index is -2.72. The van der Waals surface area contributed by atoms with Crippen molar-refractivity contribution >= 4 is 11.8 Å². The Labute approximate surface area is 138 Å². The van der Waals surface area contributed by atoms with Gasteiger partial charge in [-0.1, -0.05) is 13.0 Å². The minimum absolute atomic E-state index is 0.0234. The molecule has 8 heteroatoms. The van der Waals surface area contributed by atoms with Gasteiger partial charge in [-0.2, -0.15) is 9.78 Å². The first-order chi connectivity index (χ1) is 11.4. The van der Waals surface area contributed by atoms with Gasteiger partial charge in [-0.05, 0) is 19.1 Å². The van der Waals surface area contributed by atoms with Gasteiger partial charge in [0, 0.05) is 37.7 Å². The summed E-state index contributed by atoms with van der Waals surface area (Å²) < 4.78 is 28.7. The Morgan fingerprint density at radius 1 is 1.42 bits per heavy atom. The molecule has 1 aliphatic rings. The molecule has 1 atom stereocenters. The van der Waals surface area contributed by atoms with Crippen molar-refractivity contribution in [2.45, 2.75) is 26.2 Å². The van der Waals surface area contributed by atoms with Gasteiger partial charge < -0.3 is 4.90 Å². The molecule has 24 heavy (non-hydrogen) atoms. The summed E-state index contributed by atoms with van der Waals surface area (Å²) in [5, 5.41) is 7.07. The molecule has 0 radical (unpaired) electrons. The average molecular weight is 335 g/mol. The van der Waals surface area contributed by atoms with Crippen molar-refractivity contribution in [1.82, 2.24) is 19.7 Å². The molecule has 0 aromatic carbocycles. The third-order valence-electron chi connectivity index (χ3n) is 4.15. The number of likely N-dealkylation sites (tertiary alicyclic amines) is 1. The highest BCUT2D eigenvalue weighted by Crippen LogP contribution is 2.33. The Morgan fingerprint density at radius 2 is 2.21 bits per heavy atom. The number of anilines is 1. The normalized spacial score (nSPS) is 20.0. The number of piperidine rings is 1. The summed E-state index contributed by atoms with van der Waals surface area (Å²) in [4.78, 5) is 18.0. The highest BCUT2D eigenvalue weighted by molar-refractivity contribution is 5.88. The van der Waals surface area contributed by atoms with Crippen LogP contribution in [0.3, 0.4) is 0 Å². The second-order valence-electron chi connectivity index (χ2n) is 6.06. The molecule has 3 rings (SSSR count). The molecule has 2 aromatic heterocycles. The van der Waals surface area contributed by atoms with Gasteiger partial charge in [-0.15, -0.1) is 0 Å². The number of alkyl halides is 2. The van der Waals surface area contributed by atoms with Gasteiger partial charge in [0.2, 0.25) is 0 Å². The minimum Gasteiger partial charge on any atom is -0.324 e. The van der Waals surface area contributed by atoms with Crippen molar-refractivity contribution in [2.75, 3.05) is 18.4 Å². The summed E-state index contributed by atoms with van der Waals surface area (Å²) in [6, 6.07) is 6.68. The van der Waals surface area contributed by atoms with Crippen LogP contribution in [0.4, 0.5) is 19.4 Å². The lowest BCUT2D eigenvalue weighted by atomic mass is 9.96. The van der Waals surface area contributed by atoms with E-state index in [0.717, 1.165) is 5.69 Å². The lowest BCUT2D eigenvalue weighted by Crippen LogP contribution is -2.49. The molecule has 1 fully saturated rings. The number of pyridine rings is 1. The molecule has 0 spiro atoms. The maximum Gasteiger partial charge on any atom is 0.323 e. The number of carbonyl (C=O) groups is 1. The zero-order valence-electron chi connectivity index (χ0n) is 13.5. The van der Waals surface area contributed by atoms with Crippen LogP contribution in [-0.4, -0.2) is 44.7 Å². The number of urea groups is 1. The molecule has 2 aromatic rings. The van der Waals surface area contributed by atoms with E-state index < -0.39 is 17.9 Å². The summed E-state index contributed by atoms with van der Waals surface area (Å²) in [5.41, 5.74) is 0.717. The van der Waals surface area contributed by atoms with Crippen LogP contribution in [0.5, 0.6) is 0 Å². The standard InChI is InChI=1S/C16H19F2N5O/c1-11-10-22(8-6-16(11,17)18)15(24)20-14-9-12(2)21-23(14)13-5-3-4-7-19-13/h3-5,7,9,11H,6,8,10H2,1-2H3,(H,20,24). The third kappa shape index (κ3) is 3.22. The van der Waals surface area contributed by atoms with E-state index in [0.29, 0.717) is 11.6 Å². The molecule has 128 valence electrons. The summed E-state index contributed by atoms with van der Waals surface area (Å²) in [6.07, 6.45) is 1.31. The molecular formula is C16H19F2N5O. The number of hydrogen-bond donors (Lipinski definition) is 1. The van der Waals surface area contributed by atoms with E-state index in [9.17, 15) is 13.6 Å². The Morgan fingerprint density at radius 3 is 2.88 bits per heavy atom. The number of nitrogens with one attached hydrogen (secondary N) is 1. The fourth-order valence-electron chi connectivity index (χ4n) is 2.70. The zero-order chi connectivity index (χ0) is 17.3. The van der Waals surface area contributed by atoms with Crippen molar-refractivity contribution in [3.63, 3.8) is 0 Å². The first-order valence-corrected chi connectivity index (χ1v) is 7.78. The maximum atomic E-state index is 13.6. The summed E-state index contributed by atoms with van der Waals surface area (Å²) in [6.45, 7) is 3.32. The molecule has 3 heterocycles. The van der Waals surface area contributed by atoms with Crippen molar-refractivity contribution in [3.05, 3.63) is 36.2 Å². The molecule has 0 bridgehead atoms. The summed E-state index contributed by atoms with van der Waals surface area (Å²) in [5.74, 6) is -2.55. The Balaban J connectivity index is 1.76. The fourth-order valence-corrected chi connectivity index (χ4v) is 2.70. The van der Waals surface area contributed by atoms with Gasteiger partial charge in [0.1, 0.15) is 5.82 Å². The van der Waals surface area contributed by atoms with Crippen molar-refractivity contribution in [1.29, 1.82) is 0 Å². The summed E-state index contributed by atoms with van der Waals surface area (Å²) >= 11 is 0. The predicted octanol–water partition coefficient (Wildman–Crippen LogP) is 3.08. The van der Waals surface area contributed by atoms with E-state index in [2.05, 4.69) is 15.4 Å². The van der Waals surface area contributed by atoms with Crippen LogP contribution in [0.2, 0.25) is 0 Å². The third-order valence-corrected chi connectivity index (χ3v) is 4.15. The first kappa shape index (κ1) is 16.4. The van der Waals surface area contributed by atoms with E-state index >= 15 is 0 Å². The SMILES string of the molecule is Cc1cc(NC(=O)N2CCC(F)(F)C(C)C2)n(-c2ccccn2)n1. The number of carbonyl (C=O) groups excluding carboxylic acids is 1. The van der Waals surface area contributed by atoms with Crippen LogP contribution in [0.15, 0.2) is 30.5 Å². The summed E-state index contributed by atoms with van der Waals surface area (Å²) in [7, 11) is 0. The van der Waals surface area contributed by atoms with E-state index in [4.69, 9.17) is 0 Å². The molecule has 0 aliphatic carbocycles. The second kappa shape index (κ2) is 6.18. The average Bonchev–Trinajstić information content (AvgIpc) is 2.91. The van der Waals surface area contributed by atoms with Gasteiger partial charge >= 0.3 is 6.03 Å². The quantitative estimate of drug-likeness (QED) is 0.917. The van der Waals surface area contributed by atoms with E-state index in [-0.39, 0.29) is 19.5 Å². The number of amides is 2. The van der Waals surface area contributed by atoms with Gasteiger partial charge in [-0.25, -0.2) is 18.6 Å². The Kier molecular flexibility index (Phi) is 4.21. The van der Waals surface area contributed by atoms with Crippen LogP contribution in [-0.2, 0) is 0 Å². The molecule has 1 N–H and O–H groups in total. The van der Waals surface area contributed by atoms with Crippen LogP contribution in [0.1, 0.15) is 19.0 Å². The smallest absolute Gasteiger partial charge is 0.323 e. The monoisotopic (exact) mass is 335 g/mol.